The van der Waals surface area contributed by atoms with Gasteiger partial charge in [0.15, 0.2) is 17.3 Å². The Balaban J connectivity index is 2.21. The first-order valence-corrected chi connectivity index (χ1v) is 7.68. The maximum absolute atomic E-state index is 13.8. The van der Waals surface area contributed by atoms with E-state index in [2.05, 4.69) is 22.3 Å². The largest absolute Gasteiger partial charge is 0.490 e. The van der Waals surface area contributed by atoms with Gasteiger partial charge in [-0.25, -0.2) is 9.18 Å². The van der Waals surface area contributed by atoms with Crippen molar-refractivity contribution < 1.29 is 18.7 Å². The summed E-state index contributed by atoms with van der Waals surface area (Å²) in [6.07, 6.45) is 2.95. The number of hydrogen-bond acceptors (Lipinski definition) is 5. The summed E-state index contributed by atoms with van der Waals surface area (Å²) in [5, 5.41) is 10.2. The lowest BCUT2D eigenvalue weighted by Gasteiger charge is -2.08. The van der Waals surface area contributed by atoms with Crippen molar-refractivity contribution in [3.05, 3.63) is 29.7 Å². The number of nitrogens with one attached hydrogen (secondary N) is 1. The van der Waals surface area contributed by atoms with Gasteiger partial charge in [0.25, 0.3) is 0 Å². The molecule has 1 aromatic heterocycles. The lowest BCUT2D eigenvalue weighted by atomic mass is 10.1. The number of hydrogen-bond donors (Lipinski definition) is 1. The number of ether oxygens (including phenoxy) is 2. The highest BCUT2D eigenvalue weighted by Gasteiger charge is 2.20. The van der Waals surface area contributed by atoms with Crippen LogP contribution in [0.25, 0.3) is 11.3 Å². The number of unbranched alkanes of at least 4 members (excludes halogenated alkanes) is 2. The first kappa shape index (κ1) is 16.9. The zero-order valence-corrected chi connectivity index (χ0v) is 13.3. The van der Waals surface area contributed by atoms with Gasteiger partial charge in [-0.05, 0) is 31.5 Å². The van der Waals surface area contributed by atoms with Crippen molar-refractivity contribution in [3.8, 4) is 17.0 Å². The second-order valence-corrected chi connectivity index (χ2v) is 4.94. The number of carbonyl (C=O) groups is 1. The third-order valence-corrected chi connectivity index (χ3v) is 3.23. The summed E-state index contributed by atoms with van der Waals surface area (Å²) in [5.74, 6) is -0.895. The fourth-order valence-electron chi connectivity index (χ4n) is 2.07. The number of aromatic amines is 1. The van der Waals surface area contributed by atoms with Gasteiger partial charge < -0.3 is 9.47 Å². The second kappa shape index (κ2) is 8.26. The highest BCUT2D eigenvalue weighted by Crippen LogP contribution is 2.27. The SMILES string of the molecule is CCCCCOc1cc(-c2n[nH]nc2C(=O)OCC)ccc1F. The molecule has 0 saturated carbocycles. The highest BCUT2D eigenvalue weighted by atomic mass is 19.1. The molecule has 0 fully saturated rings. The lowest BCUT2D eigenvalue weighted by Crippen LogP contribution is -2.07. The monoisotopic (exact) mass is 321 g/mol. The van der Waals surface area contributed by atoms with Gasteiger partial charge in [0.05, 0.1) is 13.2 Å². The molecule has 0 aliphatic rings. The Morgan fingerprint density at radius 2 is 2.09 bits per heavy atom. The first-order chi connectivity index (χ1) is 11.2. The molecule has 1 aromatic carbocycles. The minimum Gasteiger partial charge on any atom is -0.490 e. The molecule has 0 unspecified atom stereocenters. The maximum Gasteiger partial charge on any atom is 0.361 e. The van der Waals surface area contributed by atoms with Gasteiger partial charge in [0, 0.05) is 5.56 Å². The van der Waals surface area contributed by atoms with Crippen molar-refractivity contribution in [2.24, 2.45) is 0 Å². The molecule has 0 spiro atoms. The molecule has 1 N–H and O–H groups in total. The van der Waals surface area contributed by atoms with Crippen LogP contribution < -0.4 is 4.74 Å². The van der Waals surface area contributed by atoms with Crippen LogP contribution in [-0.4, -0.2) is 34.6 Å². The molecule has 6 nitrogen and oxygen atoms in total. The van der Waals surface area contributed by atoms with E-state index in [1.807, 2.05) is 0 Å². The smallest absolute Gasteiger partial charge is 0.361 e. The second-order valence-electron chi connectivity index (χ2n) is 4.94. The number of halogens is 1. The predicted molar refractivity (Wildman–Crippen MR) is 82.8 cm³/mol. The molecule has 0 bridgehead atoms. The van der Waals surface area contributed by atoms with Crippen molar-refractivity contribution in [3.63, 3.8) is 0 Å². The van der Waals surface area contributed by atoms with Gasteiger partial charge in [-0.15, -0.1) is 5.10 Å². The Kier molecular flexibility index (Phi) is 6.08. The van der Waals surface area contributed by atoms with Gasteiger partial charge in [-0.1, -0.05) is 19.8 Å². The van der Waals surface area contributed by atoms with Crippen LogP contribution in [0.4, 0.5) is 4.39 Å². The summed E-state index contributed by atoms with van der Waals surface area (Å²) in [6.45, 7) is 4.47. The van der Waals surface area contributed by atoms with E-state index >= 15 is 0 Å². The van der Waals surface area contributed by atoms with Crippen LogP contribution in [0.2, 0.25) is 0 Å². The van der Waals surface area contributed by atoms with E-state index in [-0.39, 0.29) is 18.1 Å². The van der Waals surface area contributed by atoms with Crippen LogP contribution in [0.5, 0.6) is 5.75 Å². The standard InChI is InChI=1S/C16H20FN3O3/c1-3-5-6-9-23-13-10-11(7-8-12(13)17)14-15(19-20-18-14)16(21)22-4-2/h7-8,10H,3-6,9H2,1-2H3,(H,18,19,20). The van der Waals surface area contributed by atoms with E-state index in [1.54, 1.807) is 6.92 Å². The molecule has 0 amide bonds. The van der Waals surface area contributed by atoms with Crippen LogP contribution in [0.15, 0.2) is 18.2 Å². The number of aromatic nitrogens is 3. The van der Waals surface area contributed by atoms with Crippen LogP contribution >= 0.6 is 0 Å². The zero-order valence-electron chi connectivity index (χ0n) is 13.3. The molecule has 0 aliphatic heterocycles. The summed E-state index contributed by atoms with van der Waals surface area (Å²) in [6, 6.07) is 4.32. The van der Waals surface area contributed by atoms with E-state index in [4.69, 9.17) is 9.47 Å². The van der Waals surface area contributed by atoms with Crippen LogP contribution in [-0.2, 0) is 4.74 Å². The Morgan fingerprint density at radius 3 is 2.83 bits per heavy atom. The van der Waals surface area contributed by atoms with Gasteiger partial charge in [0.1, 0.15) is 5.69 Å². The molecule has 2 aromatic rings. The molecule has 124 valence electrons. The summed E-state index contributed by atoms with van der Waals surface area (Å²) >= 11 is 0. The summed E-state index contributed by atoms with van der Waals surface area (Å²) < 4.78 is 24.2. The van der Waals surface area contributed by atoms with Gasteiger partial charge in [-0.3, -0.25) is 0 Å². The number of rotatable bonds is 8. The quantitative estimate of drug-likeness (QED) is 0.596. The van der Waals surface area contributed by atoms with Crippen LogP contribution in [0.1, 0.15) is 43.6 Å². The fourth-order valence-corrected chi connectivity index (χ4v) is 2.07. The van der Waals surface area contributed by atoms with Crippen molar-refractivity contribution in [2.75, 3.05) is 13.2 Å². The average molecular weight is 321 g/mol. The Morgan fingerprint density at radius 1 is 1.26 bits per heavy atom. The molecule has 0 radical (unpaired) electrons. The first-order valence-electron chi connectivity index (χ1n) is 7.68. The molecule has 0 saturated heterocycles. The Bertz CT molecular complexity index is 658. The maximum atomic E-state index is 13.8. The van der Waals surface area contributed by atoms with E-state index in [0.717, 1.165) is 19.3 Å². The van der Waals surface area contributed by atoms with Gasteiger partial charge in [0.2, 0.25) is 0 Å². The summed E-state index contributed by atoms with van der Waals surface area (Å²) in [5.41, 5.74) is 0.908. The minimum atomic E-state index is -0.578. The number of nitrogens with zero attached hydrogens (tertiary/aromatic N) is 2. The van der Waals surface area contributed by atoms with E-state index in [9.17, 15) is 9.18 Å². The van der Waals surface area contributed by atoms with Crippen LogP contribution in [0.3, 0.4) is 0 Å². The fraction of sp³-hybridized carbons (Fsp3) is 0.438. The van der Waals surface area contributed by atoms with E-state index in [1.165, 1.54) is 18.2 Å². The van der Waals surface area contributed by atoms with Gasteiger partial charge >= 0.3 is 5.97 Å². The Labute approximate surface area is 134 Å². The van der Waals surface area contributed by atoms with Crippen LogP contribution in [0, 0.1) is 5.82 Å². The predicted octanol–water partition coefficient (Wildman–Crippen LogP) is 3.36. The molecule has 0 aliphatic carbocycles. The lowest BCUT2D eigenvalue weighted by molar-refractivity contribution is 0.0520. The third kappa shape index (κ3) is 4.28. The summed E-state index contributed by atoms with van der Waals surface area (Å²) in [7, 11) is 0. The van der Waals surface area contributed by atoms with Crippen molar-refractivity contribution in [1.29, 1.82) is 0 Å². The normalized spacial score (nSPS) is 10.6. The zero-order chi connectivity index (χ0) is 16.7. The van der Waals surface area contributed by atoms with Gasteiger partial charge in [-0.2, -0.15) is 10.3 Å². The molecule has 1 heterocycles. The van der Waals surface area contributed by atoms with Crippen molar-refractivity contribution in [1.82, 2.24) is 15.4 Å². The molecule has 23 heavy (non-hydrogen) atoms. The summed E-state index contributed by atoms with van der Waals surface area (Å²) in [4.78, 5) is 11.8. The van der Waals surface area contributed by atoms with E-state index < -0.39 is 11.8 Å². The topological polar surface area (TPSA) is 77.1 Å². The highest BCUT2D eigenvalue weighted by molar-refractivity contribution is 5.93. The van der Waals surface area contributed by atoms with E-state index in [0.29, 0.717) is 17.9 Å². The number of carbonyl (C=O) groups excluding carboxylic acids is 1. The van der Waals surface area contributed by atoms with Crippen molar-refractivity contribution in [2.45, 2.75) is 33.1 Å². The molecule has 7 heteroatoms. The minimum absolute atomic E-state index is 0.0652. The molecular formula is C16H20FN3O3. The van der Waals surface area contributed by atoms with Crippen molar-refractivity contribution >= 4 is 5.97 Å². The Hall–Kier alpha value is -2.44. The molecule has 2 rings (SSSR count). The number of benzene rings is 1. The number of esters is 1. The average Bonchev–Trinajstić information content (AvgIpc) is 3.03. The molecule has 0 atom stereocenters. The number of H-pyrrole nitrogens is 1. The molecular weight excluding hydrogens is 301 g/mol. The third-order valence-electron chi connectivity index (χ3n) is 3.23.